The van der Waals surface area contributed by atoms with Crippen molar-refractivity contribution in [2.45, 2.75) is 18.4 Å². The van der Waals surface area contributed by atoms with Gasteiger partial charge < -0.3 is 10.2 Å². The maximum atomic E-state index is 13.6. The number of halogens is 1. The average Bonchev–Trinajstić information content (AvgIpc) is 2.86. The van der Waals surface area contributed by atoms with Gasteiger partial charge in [-0.2, -0.15) is 4.31 Å². The summed E-state index contributed by atoms with van der Waals surface area (Å²) in [5.74, 6) is -0.145. The van der Waals surface area contributed by atoms with Gasteiger partial charge in [-0.25, -0.2) is 12.8 Å². The summed E-state index contributed by atoms with van der Waals surface area (Å²) in [5.41, 5.74) is 5.63. The number of anilines is 1. The summed E-state index contributed by atoms with van der Waals surface area (Å²) in [6, 6.07) is 5.69. The van der Waals surface area contributed by atoms with Gasteiger partial charge in [0.15, 0.2) is 0 Å². The Morgan fingerprint density at radius 2 is 2.10 bits per heavy atom. The molecule has 0 amide bonds. The molecule has 1 heterocycles. The van der Waals surface area contributed by atoms with Crippen LogP contribution in [-0.4, -0.2) is 19.8 Å². The van der Waals surface area contributed by atoms with Gasteiger partial charge in [-0.15, -0.1) is 0 Å². The Kier molecular flexibility index (Phi) is 3.82. The topological polar surface area (TPSA) is 76.5 Å². The van der Waals surface area contributed by atoms with Crippen LogP contribution in [0, 0.1) is 12.7 Å². The zero-order valence-electron chi connectivity index (χ0n) is 11.1. The third kappa shape index (κ3) is 2.68. The van der Waals surface area contributed by atoms with Crippen molar-refractivity contribution in [1.82, 2.24) is 4.31 Å². The third-order valence-electron chi connectivity index (χ3n) is 2.97. The van der Waals surface area contributed by atoms with Crippen LogP contribution in [0.5, 0.6) is 0 Å². The van der Waals surface area contributed by atoms with Gasteiger partial charge in [0.25, 0.3) is 0 Å². The molecule has 2 N–H and O–H groups in total. The quantitative estimate of drug-likeness (QED) is 0.877. The molecule has 2 aromatic rings. The summed E-state index contributed by atoms with van der Waals surface area (Å²) in [5, 5.41) is 0. The first-order valence-corrected chi connectivity index (χ1v) is 7.30. The van der Waals surface area contributed by atoms with E-state index in [-0.39, 0.29) is 22.7 Å². The first kappa shape index (κ1) is 14.5. The van der Waals surface area contributed by atoms with Crippen molar-refractivity contribution in [3.05, 3.63) is 47.7 Å². The van der Waals surface area contributed by atoms with Gasteiger partial charge in [-0.3, -0.25) is 0 Å². The Balaban J connectivity index is 2.40. The van der Waals surface area contributed by atoms with Crippen LogP contribution >= 0.6 is 0 Å². The largest absolute Gasteiger partial charge is 0.468 e. The highest BCUT2D eigenvalue weighted by Gasteiger charge is 2.25. The van der Waals surface area contributed by atoms with Gasteiger partial charge in [0.05, 0.1) is 17.7 Å². The highest BCUT2D eigenvalue weighted by molar-refractivity contribution is 7.89. The number of sulfonamides is 1. The van der Waals surface area contributed by atoms with Gasteiger partial charge in [0.1, 0.15) is 11.6 Å². The van der Waals surface area contributed by atoms with Gasteiger partial charge >= 0.3 is 0 Å². The average molecular weight is 298 g/mol. The van der Waals surface area contributed by atoms with Crippen LogP contribution in [0.2, 0.25) is 0 Å². The van der Waals surface area contributed by atoms with Gasteiger partial charge in [-0.05, 0) is 31.2 Å². The van der Waals surface area contributed by atoms with E-state index in [0.29, 0.717) is 5.76 Å². The van der Waals surface area contributed by atoms with E-state index in [9.17, 15) is 12.8 Å². The molecule has 0 radical (unpaired) electrons. The van der Waals surface area contributed by atoms with Crippen LogP contribution in [0.3, 0.4) is 0 Å². The molecule has 0 spiro atoms. The predicted molar refractivity (Wildman–Crippen MR) is 72.9 cm³/mol. The normalized spacial score (nSPS) is 12.0. The highest BCUT2D eigenvalue weighted by atomic mass is 32.2. The molecule has 0 aliphatic carbocycles. The van der Waals surface area contributed by atoms with E-state index in [1.54, 1.807) is 12.1 Å². The number of benzene rings is 1. The van der Waals surface area contributed by atoms with Crippen molar-refractivity contribution in [2.75, 3.05) is 12.8 Å². The minimum Gasteiger partial charge on any atom is -0.468 e. The number of hydrogen-bond donors (Lipinski definition) is 1. The fourth-order valence-corrected chi connectivity index (χ4v) is 3.22. The Labute approximate surface area is 116 Å². The summed E-state index contributed by atoms with van der Waals surface area (Å²) in [7, 11) is -2.44. The molecule has 0 saturated heterocycles. The lowest BCUT2D eigenvalue weighted by atomic mass is 10.2. The molecular weight excluding hydrogens is 283 g/mol. The number of nitrogens with two attached hydrogens (primary N) is 1. The van der Waals surface area contributed by atoms with Crippen molar-refractivity contribution in [2.24, 2.45) is 0 Å². The first-order valence-electron chi connectivity index (χ1n) is 5.86. The molecule has 1 aromatic heterocycles. The molecular formula is C13H15FN2O3S. The third-order valence-corrected chi connectivity index (χ3v) is 4.90. The molecule has 20 heavy (non-hydrogen) atoms. The molecule has 7 heteroatoms. The molecule has 1 aromatic carbocycles. The number of rotatable bonds is 4. The van der Waals surface area contributed by atoms with Gasteiger partial charge in [0.2, 0.25) is 10.0 Å². The summed E-state index contributed by atoms with van der Waals surface area (Å²) in [6.07, 6.45) is 1.46. The van der Waals surface area contributed by atoms with Crippen molar-refractivity contribution in [1.29, 1.82) is 0 Å². The van der Waals surface area contributed by atoms with E-state index in [4.69, 9.17) is 10.2 Å². The highest BCUT2D eigenvalue weighted by Crippen LogP contribution is 2.25. The van der Waals surface area contributed by atoms with Gasteiger partial charge in [-0.1, -0.05) is 0 Å². The minimum atomic E-state index is -3.84. The molecule has 0 aliphatic heterocycles. The Morgan fingerprint density at radius 1 is 1.40 bits per heavy atom. The van der Waals surface area contributed by atoms with Crippen LogP contribution in [0.25, 0.3) is 0 Å². The number of furan rings is 1. The molecule has 0 aliphatic rings. The Bertz CT molecular complexity index is 711. The maximum absolute atomic E-state index is 13.6. The molecule has 0 saturated carbocycles. The van der Waals surface area contributed by atoms with E-state index in [2.05, 4.69) is 0 Å². The monoisotopic (exact) mass is 298 g/mol. The number of nitrogen functional groups attached to an aromatic ring is 1. The molecule has 108 valence electrons. The molecule has 0 atom stereocenters. The summed E-state index contributed by atoms with van der Waals surface area (Å²) >= 11 is 0. The van der Waals surface area contributed by atoms with Crippen molar-refractivity contribution in [3.8, 4) is 0 Å². The second kappa shape index (κ2) is 5.26. The van der Waals surface area contributed by atoms with Crippen LogP contribution in [0.15, 0.2) is 39.8 Å². The number of hydrogen-bond acceptors (Lipinski definition) is 4. The summed E-state index contributed by atoms with van der Waals surface area (Å²) in [6.45, 7) is 1.47. The van der Waals surface area contributed by atoms with Gasteiger partial charge in [0, 0.05) is 18.3 Å². The zero-order chi connectivity index (χ0) is 14.9. The van der Waals surface area contributed by atoms with Crippen molar-refractivity contribution < 1.29 is 17.2 Å². The molecule has 0 unspecified atom stereocenters. The van der Waals surface area contributed by atoms with Crippen molar-refractivity contribution >= 4 is 15.7 Å². The number of nitrogens with zero attached hydrogens (tertiary/aromatic N) is 1. The second-order valence-electron chi connectivity index (χ2n) is 4.47. The van der Waals surface area contributed by atoms with E-state index in [1.165, 1.54) is 26.3 Å². The molecule has 5 nitrogen and oxygen atoms in total. The minimum absolute atomic E-state index is 0.0468. The fraction of sp³-hybridized carbons (Fsp3) is 0.231. The SMILES string of the molecule is Cc1c(F)cc(N)cc1S(=O)(=O)N(C)Cc1ccco1. The summed E-state index contributed by atoms with van der Waals surface area (Å²) in [4.78, 5) is -0.135. The van der Waals surface area contributed by atoms with Crippen LogP contribution in [0.4, 0.5) is 10.1 Å². The second-order valence-corrected chi connectivity index (χ2v) is 6.48. The van der Waals surface area contributed by atoms with E-state index < -0.39 is 15.8 Å². The van der Waals surface area contributed by atoms with Crippen LogP contribution in [0.1, 0.15) is 11.3 Å². The summed E-state index contributed by atoms with van der Waals surface area (Å²) < 4.78 is 44.7. The van der Waals surface area contributed by atoms with E-state index >= 15 is 0 Å². The Hall–Kier alpha value is -1.86. The predicted octanol–water partition coefficient (Wildman–Crippen LogP) is 2.13. The first-order chi connectivity index (χ1) is 9.32. The molecule has 2 rings (SSSR count). The van der Waals surface area contributed by atoms with Crippen LogP contribution in [-0.2, 0) is 16.6 Å². The lowest BCUT2D eigenvalue weighted by Gasteiger charge is -2.18. The van der Waals surface area contributed by atoms with Crippen LogP contribution < -0.4 is 5.73 Å². The lowest BCUT2D eigenvalue weighted by molar-refractivity contribution is 0.406. The standard InChI is InChI=1S/C13H15FN2O3S/c1-9-12(14)6-10(15)7-13(9)20(17,18)16(2)8-11-4-3-5-19-11/h3-7H,8,15H2,1-2H3. The fourth-order valence-electron chi connectivity index (χ4n) is 1.82. The van der Waals surface area contributed by atoms with E-state index in [0.717, 1.165) is 10.4 Å². The lowest BCUT2D eigenvalue weighted by Crippen LogP contribution is -2.27. The smallest absolute Gasteiger partial charge is 0.243 e. The molecule has 0 bridgehead atoms. The zero-order valence-corrected chi connectivity index (χ0v) is 11.9. The van der Waals surface area contributed by atoms with Crippen molar-refractivity contribution in [3.63, 3.8) is 0 Å². The Morgan fingerprint density at radius 3 is 2.70 bits per heavy atom. The molecule has 0 fully saturated rings. The maximum Gasteiger partial charge on any atom is 0.243 e. The van der Waals surface area contributed by atoms with E-state index in [1.807, 2.05) is 0 Å².